The number of aliphatic carboxylic acids is 1. The van der Waals surface area contributed by atoms with Crippen LogP contribution in [-0.4, -0.2) is 16.9 Å². The van der Waals surface area contributed by atoms with Crippen molar-refractivity contribution in [3.63, 3.8) is 0 Å². The number of ketones is 1. The molecule has 0 spiro atoms. The van der Waals surface area contributed by atoms with Crippen LogP contribution < -0.4 is 0 Å². The molecule has 3 nitrogen and oxygen atoms in total. The van der Waals surface area contributed by atoms with E-state index in [2.05, 4.69) is 0 Å². The van der Waals surface area contributed by atoms with E-state index in [1.807, 2.05) is 0 Å². The van der Waals surface area contributed by atoms with Gasteiger partial charge in [-0.15, -0.1) is 11.6 Å². The van der Waals surface area contributed by atoms with Gasteiger partial charge in [0, 0.05) is 6.08 Å². The van der Waals surface area contributed by atoms with Crippen molar-refractivity contribution in [2.45, 2.75) is 12.3 Å². The molecule has 0 saturated heterocycles. The molecule has 1 unspecified atom stereocenters. The summed E-state index contributed by atoms with van der Waals surface area (Å²) in [5.41, 5.74) is 0.667. The zero-order valence-corrected chi connectivity index (χ0v) is 9.74. The van der Waals surface area contributed by atoms with Crippen molar-refractivity contribution in [1.82, 2.24) is 0 Å². The SMILES string of the molecule is CC(=O)C(Cl)c1cc(F)ccc1C=CC(=O)O. The maximum atomic E-state index is 13.1. The first-order valence-electron chi connectivity index (χ1n) is 4.77. The Hall–Kier alpha value is -1.68. The van der Waals surface area contributed by atoms with Crippen molar-refractivity contribution in [3.05, 3.63) is 41.2 Å². The van der Waals surface area contributed by atoms with Crippen molar-refractivity contribution < 1.29 is 19.1 Å². The molecule has 17 heavy (non-hydrogen) atoms. The van der Waals surface area contributed by atoms with Gasteiger partial charge in [-0.25, -0.2) is 9.18 Å². The molecule has 1 atom stereocenters. The van der Waals surface area contributed by atoms with Gasteiger partial charge in [-0.3, -0.25) is 4.79 Å². The average molecular weight is 257 g/mol. The molecule has 0 aromatic heterocycles. The summed E-state index contributed by atoms with van der Waals surface area (Å²) in [4.78, 5) is 21.5. The largest absolute Gasteiger partial charge is 0.478 e. The fraction of sp³-hybridized carbons (Fsp3) is 0.167. The Morgan fingerprint density at radius 2 is 2.12 bits per heavy atom. The Labute approximate surface area is 103 Å². The van der Waals surface area contributed by atoms with E-state index >= 15 is 0 Å². The summed E-state index contributed by atoms with van der Waals surface area (Å²) in [6.07, 6.45) is 2.18. The van der Waals surface area contributed by atoms with Gasteiger partial charge < -0.3 is 5.11 Å². The van der Waals surface area contributed by atoms with Crippen molar-refractivity contribution in [3.8, 4) is 0 Å². The van der Waals surface area contributed by atoms with Gasteiger partial charge >= 0.3 is 5.97 Å². The van der Waals surface area contributed by atoms with Gasteiger partial charge in [-0.2, -0.15) is 0 Å². The highest BCUT2D eigenvalue weighted by Gasteiger charge is 2.16. The lowest BCUT2D eigenvalue weighted by atomic mass is 10.0. The van der Waals surface area contributed by atoms with Crippen molar-refractivity contribution in [2.24, 2.45) is 0 Å². The van der Waals surface area contributed by atoms with Gasteiger partial charge in [-0.1, -0.05) is 6.07 Å². The Morgan fingerprint density at radius 3 is 2.65 bits per heavy atom. The van der Waals surface area contributed by atoms with E-state index in [4.69, 9.17) is 16.7 Å². The van der Waals surface area contributed by atoms with E-state index in [0.717, 1.165) is 12.1 Å². The zero-order chi connectivity index (χ0) is 13.0. The fourth-order valence-electron chi connectivity index (χ4n) is 1.30. The number of Topliss-reactive ketones (excluding diaryl/α,β-unsaturated/α-hetero) is 1. The summed E-state index contributed by atoms with van der Waals surface area (Å²) >= 11 is 5.84. The highest BCUT2D eigenvalue weighted by atomic mass is 35.5. The Balaban J connectivity index is 3.21. The molecule has 0 heterocycles. The first-order chi connectivity index (χ1) is 7.91. The number of carbonyl (C=O) groups excluding carboxylic acids is 1. The summed E-state index contributed by atoms with van der Waals surface area (Å²) < 4.78 is 13.1. The summed E-state index contributed by atoms with van der Waals surface area (Å²) in [6.45, 7) is 1.28. The number of carboxylic acid groups (broad SMARTS) is 1. The maximum Gasteiger partial charge on any atom is 0.328 e. The molecular formula is C12H10ClFO3. The quantitative estimate of drug-likeness (QED) is 0.666. The number of carbonyl (C=O) groups is 2. The lowest BCUT2D eigenvalue weighted by Gasteiger charge is -2.09. The van der Waals surface area contributed by atoms with Gasteiger partial charge in [0.2, 0.25) is 0 Å². The number of hydrogen-bond acceptors (Lipinski definition) is 2. The van der Waals surface area contributed by atoms with E-state index in [1.165, 1.54) is 25.1 Å². The molecule has 0 radical (unpaired) electrons. The second-order valence-corrected chi connectivity index (χ2v) is 3.85. The third-order valence-corrected chi connectivity index (χ3v) is 2.63. The molecule has 90 valence electrons. The smallest absolute Gasteiger partial charge is 0.328 e. The molecule has 0 aliphatic rings. The Kier molecular flexibility index (Phi) is 4.40. The summed E-state index contributed by atoms with van der Waals surface area (Å²) in [7, 11) is 0. The lowest BCUT2D eigenvalue weighted by Crippen LogP contribution is -2.04. The van der Waals surface area contributed by atoms with Crippen LogP contribution in [0.25, 0.3) is 6.08 Å². The van der Waals surface area contributed by atoms with Crippen molar-refractivity contribution in [2.75, 3.05) is 0 Å². The van der Waals surface area contributed by atoms with Crippen LogP contribution in [0, 0.1) is 5.82 Å². The number of rotatable bonds is 4. The minimum absolute atomic E-state index is 0.261. The molecule has 1 rings (SSSR count). The standard InChI is InChI=1S/C12H10ClFO3/c1-7(15)12(13)10-6-9(14)4-2-8(10)3-5-11(16)17/h2-6,12H,1H3,(H,16,17). The van der Waals surface area contributed by atoms with Gasteiger partial charge in [0.25, 0.3) is 0 Å². The highest BCUT2D eigenvalue weighted by Crippen LogP contribution is 2.26. The second-order valence-electron chi connectivity index (χ2n) is 3.42. The van der Waals surface area contributed by atoms with Crippen LogP contribution in [-0.2, 0) is 9.59 Å². The van der Waals surface area contributed by atoms with Crippen LogP contribution in [0.2, 0.25) is 0 Å². The molecule has 0 amide bonds. The first-order valence-corrected chi connectivity index (χ1v) is 5.20. The topological polar surface area (TPSA) is 54.4 Å². The van der Waals surface area contributed by atoms with Crippen LogP contribution >= 0.6 is 11.6 Å². The third-order valence-electron chi connectivity index (χ3n) is 2.08. The molecule has 0 saturated carbocycles. The van der Waals surface area contributed by atoms with E-state index in [1.54, 1.807) is 0 Å². The van der Waals surface area contributed by atoms with Crippen LogP contribution in [0.1, 0.15) is 23.4 Å². The maximum absolute atomic E-state index is 13.1. The fourth-order valence-corrected chi connectivity index (χ4v) is 1.49. The molecule has 0 aliphatic heterocycles. The van der Waals surface area contributed by atoms with Crippen molar-refractivity contribution >= 4 is 29.4 Å². The zero-order valence-electron chi connectivity index (χ0n) is 8.98. The molecule has 0 aliphatic carbocycles. The summed E-state index contributed by atoms with van der Waals surface area (Å²) in [5, 5.41) is 7.52. The predicted molar refractivity (Wildman–Crippen MR) is 62.3 cm³/mol. The Morgan fingerprint density at radius 1 is 1.47 bits per heavy atom. The number of halogens is 2. The Bertz CT molecular complexity index is 483. The van der Waals surface area contributed by atoms with Gasteiger partial charge in [-0.05, 0) is 36.3 Å². The van der Waals surface area contributed by atoms with Crippen LogP contribution in [0.3, 0.4) is 0 Å². The second kappa shape index (κ2) is 5.59. The number of alkyl halides is 1. The average Bonchev–Trinajstić information content (AvgIpc) is 2.26. The minimum Gasteiger partial charge on any atom is -0.478 e. The van der Waals surface area contributed by atoms with E-state index < -0.39 is 17.2 Å². The summed E-state index contributed by atoms with van der Waals surface area (Å²) in [5.74, 6) is -1.99. The van der Waals surface area contributed by atoms with E-state index in [9.17, 15) is 14.0 Å². The number of carboxylic acids is 1. The number of hydrogen-bond donors (Lipinski definition) is 1. The minimum atomic E-state index is -1.13. The molecule has 0 bridgehead atoms. The van der Waals surface area contributed by atoms with Gasteiger partial charge in [0.05, 0.1) is 0 Å². The molecule has 0 fully saturated rings. The predicted octanol–water partition coefficient (Wildman–Crippen LogP) is 2.79. The van der Waals surface area contributed by atoms with Crippen LogP contribution in [0.15, 0.2) is 24.3 Å². The normalized spacial score (nSPS) is 12.6. The third kappa shape index (κ3) is 3.67. The van der Waals surface area contributed by atoms with E-state index in [-0.39, 0.29) is 11.3 Å². The van der Waals surface area contributed by atoms with Crippen molar-refractivity contribution in [1.29, 1.82) is 0 Å². The van der Waals surface area contributed by atoms with E-state index in [0.29, 0.717) is 5.56 Å². The molecule has 1 aromatic carbocycles. The molecular weight excluding hydrogens is 247 g/mol. The summed E-state index contributed by atoms with van der Waals surface area (Å²) in [6, 6.07) is 3.68. The lowest BCUT2D eigenvalue weighted by molar-refractivity contribution is -0.131. The monoisotopic (exact) mass is 256 g/mol. The van der Waals surface area contributed by atoms with Gasteiger partial charge in [0.15, 0.2) is 5.78 Å². The van der Waals surface area contributed by atoms with Crippen LogP contribution in [0.4, 0.5) is 4.39 Å². The first kappa shape index (κ1) is 13.4. The van der Waals surface area contributed by atoms with Gasteiger partial charge in [0.1, 0.15) is 11.2 Å². The molecule has 1 aromatic rings. The number of benzene rings is 1. The van der Waals surface area contributed by atoms with Crippen LogP contribution in [0.5, 0.6) is 0 Å². The highest BCUT2D eigenvalue weighted by molar-refractivity contribution is 6.31. The molecule has 5 heteroatoms. The molecule has 1 N–H and O–H groups in total.